The molecule has 0 aliphatic heterocycles. The summed E-state index contributed by atoms with van der Waals surface area (Å²) < 4.78 is 18.5. The van der Waals surface area contributed by atoms with Crippen molar-refractivity contribution in [3.8, 4) is 5.75 Å². The standard InChI is InChI=1S/C11H15ClFNO/c1-7(3-4-14)9-5-8(12)6-10(13)11(9)15-2/h5-7H,3-4,14H2,1-2H3. The predicted octanol–water partition coefficient (Wildman–Crippen LogP) is 2.94. The largest absolute Gasteiger partial charge is 0.493 e. The van der Waals surface area contributed by atoms with Crippen molar-refractivity contribution in [2.45, 2.75) is 19.3 Å². The molecule has 2 N–H and O–H groups in total. The van der Waals surface area contributed by atoms with Crippen LogP contribution < -0.4 is 10.5 Å². The molecular formula is C11H15ClFNO. The zero-order chi connectivity index (χ0) is 11.4. The Morgan fingerprint density at radius 1 is 1.53 bits per heavy atom. The molecule has 1 unspecified atom stereocenters. The molecular weight excluding hydrogens is 217 g/mol. The number of benzene rings is 1. The van der Waals surface area contributed by atoms with Gasteiger partial charge in [0.15, 0.2) is 11.6 Å². The van der Waals surface area contributed by atoms with Gasteiger partial charge in [-0.1, -0.05) is 18.5 Å². The van der Waals surface area contributed by atoms with E-state index in [1.165, 1.54) is 13.2 Å². The molecule has 0 aromatic heterocycles. The number of ether oxygens (including phenoxy) is 1. The highest BCUT2D eigenvalue weighted by atomic mass is 35.5. The highest BCUT2D eigenvalue weighted by molar-refractivity contribution is 6.30. The monoisotopic (exact) mass is 231 g/mol. The Bertz CT molecular complexity index is 344. The Morgan fingerprint density at radius 2 is 2.20 bits per heavy atom. The van der Waals surface area contributed by atoms with Crippen molar-refractivity contribution in [1.29, 1.82) is 0 Å². The molecule has 15 heavy (non-hydrogen) atoms. The predicted molar refractivity (Wildman–Crippen MR) is 60.0 cm³/mol. The van der Waals surface area contributed by atoms with Crippen LogP contribution in [0.1, 0.15) is 24.8 Å². The second kappa shape index (κ2) is 5.33. The van der Waals surface area contributed by atoms with E-state index in [-0.39, 0.29) is 11.7 Å². The van der Waals surface area contributed by atoms with Crippen LogP contribution in [-0.2, 0) is 0 Å². The Labute approximate surface area is 94.2 Å². The topological polar surface area (TPSA) is 35.2 Å². The van der Waals surface area contributed by atoms with Crippen LogP contribution >= 0.6 is 11.6 Å². The third-order valence-electron chi connectivity index (χ3n) is 2.37. The van der Waals surface area contributed by atoms with Crippen molar-refractivity contribution < 1.29 is 9.13 Å². The quantitative estimate of drug-likeness (QED) is 0.865. The van der Waals surface area contributed by atoms with E-state index >= 15 is 0 Å². The van der Waals surface area contributed by atoms with E-state index in [1.807, 2.05) is 6.92 Å². The van der Waals surface area contributed by atoms with Gasteiger partial charge in [-0.2, -0.15) is 0 Å². The summed E-state index contributed by atoms with van der Waals surface area (Å²) in [5.74, 6) is -0.0256. The molecule has 0 amide bonds. The molecule has 84 valence electrons. The fraction of sp³-hybridized carbons (Fsp3) is 0.455. The molecule has 2 nitrogen and oxygen atoms in total. The average molecular weight is 232 g/mol. The van der Waals surface area contributed by atoms with Crippen LogP contribution in [0.4, 0.5) is 4.39 Å². The van der Waals surface area contributed by atoms with Gasteiger partial charge in [-0.3, -0.25) is 0 Å². The zero-order valence-electron chi connectivity index (χ0n) is 8.89. The average Bonchev–Trinajstić information content (AvgIpc) is 2.17. The summed E-state index contributed by atoms with van der Waals surface area (Å²) in [6.45, 7) is 2.53. The second-order valence-corrected chi connectivity index (χ2v) is 3.92. The molecule has 0 bridgehead atoms. The number of methoxy groups -OCH3 is 1. The van der Waals surface area contributed by atoms with Gasteiger partial charge in [0.25, 0.3) is 0 Å². The van der Waals surface area contributed by atoms with Crippen LogP contribution in [0.5, 0.6) is 5.75 Å². The maximum Gasteiger partial charge on any atom is 0.166 e. The SMILES string of the molecule is COc1c(F)cc(Cl)cc1C(C)CCN. The van der Waals surface area contributed by atoms with Crippen LogP contribution in [0.3, 0.4) is 0 Å². The van der Waals surface area contributed by atoms with E-state index in [9.17, 15) is 4.39 Å². The van der Waals surface area contributed by atoms with Crippen LogP contribution in [0, 0.1) is 5.82 Å². The van der Waals surface area contributed by atoms with E-state index in [4.69, 9.17) is 22.1 Å². The van der Waals surface area contributed by atoms with Gasteiger partial charge in [0.2, 0.25) is 0 Å². The number of halogens is 2. The first kappa shape index (κ1) is 12.3. The lowest BCUT2D eigenvalue weighted by Crippen LogP contribution is -2.06. The fourth-order valence-electron chi connectivity index (χ4n) is 1.57. The third-order valence-corrected chi connectivity index (χ3v) is 2.59. The van der Waals surface area contributed by atoms with Crippen molar-refractivity contribution in [2.75, 3.05) is 13.7 Å². The minimum Gasteiger partial charge on any atom is -0.493 e. The lowest BCUT2D eigenvalue weighted by Gasteiger charge is -2.15. The smallest absolute Gasteiger partial charge is 0.166 e. The summed E-state index contributed by atoms with van der Waals surface area (Å²) in [7, 11) is 1.45. The molecule has 0 heterocycles. The molecule has 0 radical (unpaired) electrons. The van der Waals surface area contributed by atoms with Crippen molar-refractivity contribution in [2.24, 2.45) is 5.73 Å². The number of nitrogens with two attached hydrogens (primary N) is 1. The van der Waals surface area contributed by atoms with Gasteiger partial charge < -0.3 is 10.5 Å². The van der Waals surface area contributed by atoms with Crippen molar-refractivity contribution in [3.05, 3.63) is 28.5 Å². The minimum absolute atomic E-state index is 0.137. The fourth-order valence-corrected chi connectivity index (χ4v) is 1.78. The van der Waals surface area contributed by atoms with Gasteiger partial charge in [-0.15, -0.1) is 0 Å². The first-order chi connectivity index (χ1) is 7.10. The van der Waals surface area contributed by atoms with Crippen molar-refractivity contribution in [1.82, 2.24) is 0 Å². The van der Waals surface area contributed by atoms with Gasteiger partial charge in [-0.25, -0.2) is 4.39 Å². The van der Waals surface area contributed by atoms with Crippen LogP contribution in [0.25, 0.3) is 0 Å². The molecule has 1 aromatic carbocycles. The molecule has 1 atom stereocenters. The normalized spacial score (nSPS) is 12.6. The highest BCUT2D eigenvalue weighted by Crippen LogP contribution is 2.33. The maximum atomic E-state index is 13.5. The van der Waals surface area contributed by atoms with Gasteiger partial charge in [0.05, 0.1) is 7.11 Å². The van der Waals surface area contributed by atoms with E-state index in [1.54, 1.807) is 6.07 Å². The molecule has 1 aromatic rings. The van der Waals surface area contributed by atoms with Crippen molar-refractivity contribution in [3.63, 3.8) is 0 Å². The molecule has 0 saturated heterocycles. The molecule has 4 heteroatoms. The number of hydrogen-bond acceptors (Lipinski definition) is 2. The van der Waals surface area contributed by atoms with Gasteiger partial charge >= 0.3 is 0 Å². The lowest BCUT2D eigenvalue weighted by molar-refractivity contribution is 0.377. The van der Waals surface area contributed by atoms with E-state index in [0.29, 0.717) is 11.6 Å². The molecule has 0 aliphatic carbocycles. The summed E-state index contributed by atoms with van der Waals surface area (Å²) in [5.41, 5.74) is 6.24. The molecule has 0 spiro atoms. The second-order valence-electron chi connectivity index (χ2n) is 3.49. The van der Waals surface area contributed by atoms with Crippen molar-refractivity contribution >= 4 is 11.6 Å². The first-order valence-electron chi connectivity index (χ1n) is 4.83. The summed E-state index contributed by atoms with van der Waals surface area (Å²) >= 11 is 5.80. The molecule has 0 aliphatic rings. The first-order valence-corrected chi connectivity index (χ1v) is 5.21. The van der Waals surface area contributed by atoms with Gasteiger partial charge in [0.1, 0.15) is 0 Å². The van der Waals surface area contributed by atoms with E-state index in [0.717, 1.165) is 12.0 Å². The van der Waals surface area contributed by atoms with Crippen LogP contribution in [0.15, 0.2) is 12.1 Å². The summed E-state index contributed by atoms with van der Waals surface area (Å²) in [6.07, 6.45) is 0.774. The van der Waals surface area contributed by atoms with E-state index < -0.39 is 5.82 Å². The molecule has 1 rings (SSSR count). The Balaban J connectivity index is 3.13. The lowest BCUT2D eigenvalue weighted by atomic mass is 9.96. The van der Waals surface area contributed by atoms with E-state index in [2.05, 4.69) is 0 Å². The summed E-state index contributed by atoms with van der Waals surface area (Å²) in [4.78, 5) is 0. The maximum absolute atomic E-state index is 13.5. The summed E-state index contributed by atoms with van der Waals surface area (Å²) in [6, 6.07) is 2.98. The van der Waals surface area contributed by atoms with Gasteiger partial charge in [-0.05, 0) is 31.0 Å². The highest BCUT2D eigenvalue weighted by Gasteiger charge is 2.15. The third kappa shape index (κ3) is 2.83. The number of hydrogen-bond donors (Lipinski definition) is 1. The zero-order valence-corrected chi connectivity index (χ0v) is 9.64. The Hall–Kier alpha value is -0.800. The Morgan fingerprint density at radius 3 is 2.73 bits per heavy atom. The molecule has 0 fully saturated rings. The number of rotatable bonds is 4. The molecule has 0 saturated carbocycles. The Kier molecular flexibility index (Phi) is 4.36. The summed E-state index contributed by atoms with van der Waals surface area (Å²) in [5, 5.41) is 0.382. The van der Waals surface area contributed by atoms with Crippen LogP contribution in [-0.4, -0.2) is 13.7 Å². The minimum atomic E-state index is -0.427. The van der Waals surface area contributed by atoms with Gasteiger partial charge in [0, 0.05) is 10.6 Å². The van der Waals surface area contributed by atoms with Crippen LogP contribution in [0.2, 0.25) is 5.02 Å².